The number of carbonyl (C=O) groups is 3. The van der Waals surface area contributed by atoms with E-state index in [-0.39, 0.29) is 37.1 Å². The summed E-state index contributed by atoms with van der Waals surface area (Å²) in [5, 5.41) is 24.8. The van der Waals surface area contributed by atoms with Gasteiger partial charge in [-0.25, -0.2) is 0 Å². The van der Waals surface area contributed by atoms with Crippen LogP contribution in [0.5, 0.6) is 17.2 Å². The molecule has 1 heterocycles. The third kappa shape index (κ3) is 7.18. The summed E-state index contributed by atoms with van der Waals surface area (Å²) in [6, 6.07) is 9.20. The van der Waals surface area contributed by atoms with Gasteiger partial charge in [-0.05, 0) is 65.8 Å². The molecule has 2 aliphatic carbocycles. The zero-order valence-electron chi connectivity index (χ0n) is 25.9. The molecule has 3 atom stereocenters. The molecular weight excluding hydrogens is 707 g/mol. The molecule has 0 unspecified atom stereocenters. The number of benzene rings is 2. The molecule has 0 bridgehead atoms. The van der Waals surface area contributed by atoms with Crippen molar-refractivity contribution in [1.82, 2.24) is 10.2 Å². The number of nitrogens with one attached hydrogen (secondary N) is 1. The molecule has 3 N–H and O–H groups in total. The van der Waals surface area contributed by atoms with Crippen LogP contribution in [-0.4, -0.2) is 84.9 Å². The van der Waals surface area contributed by atoms with Crippen LogP contribution < -0.4 is 19.5 Å². The molecule has 0 spiro atoms. The second-order valence-corrected chi connectivity index (χ2v) is 12.7. The van der Waals surface area contributed by atoms with Crippen molar-refractivity contribution in [1.29, 1.82) is 0 Å². The van der Waals surface area contributed by atoms with E-state index in [1.165, 1.54) is 20.3 Å². The highest BCUT2D eigenvalue weighted by molar-refractivity contribution is 14.1. The van der Waals surface area contributed by atoms with Crippen molar-refractivity contribution in [3.63, 3.8) is 0 Å². The van der Waals surface area contributed by atoms with Gasteiger partial charge in [-0.15, -0.1) is 0 Å². The Morgan fingerprint density at radius 3 is 2.50 bits per heavy atom. The molecule has 246 valence electrons. The molecule has 1 aromatic heterocycles. The van der Waals surface area contributed by atoms with Crippen LogP contribution in [0.15, 0.2) is 52.5 Å². The second kappa shape index (κ2) is 15.3. The average molecular weight is 747 g/mol. The summed E-state index contributed by atoms with van der Waals surface area (Å²) in [6.45, 7) is -0.203. The van der Waals surface area contributed by atoms with Crippen LogP contribution in [0.2, 0.25) is 0 Å². The lowest BCUT2D eigenvalue weighted by molar-refractivity contribution is -0.118. The van der Waals surface area contributed by atoms with E-state index < -0.39 is 30.1 Å². The maximum Gasteiger partial charge on any atom is 0.290 e. The third-order valence-electron chi connectivity index (χ3n) is 8.60. The molecule has 2 aromatic carbocycles. The van der Waals surface area contributed by atoms with Gasteiger partial charge in [0.15, 0.2) is 28.6 Å². The summed E-state index contributed by atoms with van der Waals surface area (Å²) < 4.78 is 24.0. The lowest BCUT2D eigenvalue weighted by Crippen LogP contribution is -2.58. The largest absolute Gasteiger partial charge is 0.493 e. The van der Waals surface area contributed by atoms with Crippen LogP contribution in [-0.2, 0) is 4.79 Å². The van der Waals surface area contributed by atoms with E-state index in [2.05, 4.69) is 5.32 Å². The Bertz CT molecular complexity index is 1590. The number of para-hydroxylation sites is 1. The monoisotopic (exact) mass is 746 g/mol. The molecule has 2 aliphatic rings. The Kier molecular flexibility index (Phi) is 11.2. The first-order valence-electron chi connectivity index (χ1n) is 15.5. The number of nitrogens with zero attached hydrogens (tertiary/aromatic N) is 1. The van der Waals surface area contributed by atoms with Gasteiger partial charge in [0.25, 0.3) is 5.91 Å². The zero-order chi connectivity index (χ0) is 32.8. The van der Waals surface area contributed by atoms with E-state index in [1.807, 2.05) is 34.7 Å². The predicted octanol–water partition coefficient (Wildman–Crippen LogP) is 4.65. The van der Waals surface area contributed by atoms with E-state index in [0.717, 1.165) is 38.5 Å². The number of hydrogen-bond donors (Lipinski definition) is 3. The van der Waals surface area contributed by atoms with Crippen molar-refractivity contribution in [3.8, 4) is 17.2 Å². The van der Waals surface area contributed by atoms with Gasteiger partial charge in [-0.3, -0.25) is 14.4 Å². The summed E-state index contributed by atoms with van der Waals surface area (Å²) >= 11 is 2.03. The molecule has 11 nitrogen and oxygen atoms in total. The number of fused-ring (bicyclic) bond motifs is 1. The van der Waals surface area contributed by atoms with Crippen molar-refractivity contribution in [2.24, 2.45) is 0 Å². The molecule has 0 aliphatic heterocycles. The standard InChI is InChI=1S/C34H39IN2O9/c1-43-26-11-7-8-21-17-29(46-31(21)26)34(42)37(23-9-5-3-4-6-10-23)25-16-22(33(41)36-12-13-38)18-27(30(25)40)45-32-24(35)14-20(19-39)15-28(32)44-2/h7-8,11,14-15,17-19,23,25,27,30,38,40H,3-6,9-10,12-13,16H2,1-2H3,(H,36,41)/t25-,27+,30+/m1/s1. The van der Waals surface area contributed by atoms with Gasteiger partial charge in [-0.2, -0.15) is 0 Å². The van der Waals surface area contributed by atoms with Crippen molar-refractivity contribution in [2.45, 2.75) is 69.2 Å². The molecule has 2 amide bonds. The number of ether oxygens (including phenoxy) is 3. The normalized spacial score (nSPS) is 20.4. The molecule has 3 aromatic rings. The van der Waals surface area contributed by atoms with Gasteiger partial charge >= 0.3 is 0 Å². The van der Waals surface area contributed by atoms with Gasteiger partial charge in [0.1, 0.15) is 18.5 Å². The summed E-state index contributed by atoms with van der Waals surface area (Å²) in [5.74, 6) is 0.359. The van der Waals surface area contributed by atoms with Gasteiger partial charge in [0.05, 0.1) is 30.4 Å². The minimum Gasteiger partial charge on any atom is -0.493 e. The van der Waals surface area contributed by atoms with Crippen LogP contribution in [0.3, 0.4) is 0 Å². The second-order valence-electron chi connectivity index (χ2n) is 11.5. The lowest BCUT2D eigenvalue weighted by Gasteiger charge is -2.43. The van der Waals surface area contributed by atoms with Gasteiger partial charge in [-0.1, -0.05) is 37.8 Å². The summed E-state index contributed by atoms with van der Waals surface area (Å²) in [5.41, 5.74) is 1.15. The summed E-state index contributed by atoms with van der Waals surface area (Å²) in [6.07, 6.45) is 5.41. The van der Waals surface area contributed by atoms with Crippen molar-refractivity contribution < 1.29 is 43.2 Å². The molecule has 46 heavy (non-hydrogen) atoms. The fourth-order valence-corrected chi connectivity index (χ4v) is 7.11. The first-order chi connectivity index (χ1) is 22.3. The maximum atomic E-state index is 14.5. The quantitative estimate of drug-likeness (QED) is 0.145. The molecule has 5 rings (SSSR count). The summed E-state index contributed by atoms with van der Waals surface area (Å²) in [7, 11) is 2.98. The van der Waals surface area contributed by atoms with E-state index in [9.17, 15) is 24.6 Å². The number of hydrogen-bond acceptors (Lipinski definition) is 9. The Morgan fingerprint density at radius 2 is 1.83 bits per heavy atom. The predicted molar refractivity (Wildman–Crippen MR) is 179 cm³/mol. The fourth-order valence-electron chi connectivity index (χ4n) is 6.36. The topological polar surface area (TPSA) is 148 Å². The van der Waals surface area contributed by atoms with Crippen LogP contribution in [0, 0.1) is 3.57 Å². The molecule has 12 heteroatoms. The molecule has 0 radical (unpaired) electrons. The molecular formula is C34H39IN2O9. The highest BCUT2D eigenvalue weighted by Crippen LogP contribution is 2.39. The van der Waals surface area contributed by atoms with Crippen LogP contribution >= 0.6 is 22.6 Å². The molecule has 1 fully saturated rings. The van der Waals surface area contributed by atoms with Crippen molar-refractivity contribution in [3.05, 3.63) is 62.9 Å². The number of aldehydes is 1. The number of amides is 2. The van der Waals surface area contributed by atoms with E-state index >= 15 is 0 Å². The number of methoxy groups -OCH3 is 2. The fraction of sp³-hybridized carbons (Fsp3) is 0.441. The number of carbonyl (C=O) groups excluding carboxylic acids is 3. The van der Waals surface area contributed by atoms with E-state index in [1.54, 1.807) is 29.2 Å². The highest BCUT2D eigenvalue weighted by Gasteiger charge is 2.44. The number of furan rings is 1. The minimum atomic E-state index is -1.24. The van der Waals surface area contributed by atoms with Crippen LogP contribution in [0.4, 0.5) is 0 Å². The van der Waals surface area contributed by atoms with Gasteiger partial charge < -0.3 is 39.1 Å². The SMILES string of the molecule is COc1cc(C=O)cc(I)c1O[C@H]1C=C(C(=O)NCCO)C[C@@H](N(C(=O)c2cc3cccc(OC)c3o2)C2CCCCCC2)[C@@H]1O. The number of aliphatic hydroxyl groups is 2. The molecule has 0 saturated heterocycles. The van der Waals surface area contributed by atoms with Gasteiger partial charge in [0, 0.05) is 35.5 Å². The van der Waals surface area contributed by atoms with Gasteiger partial charge in [0.2, 0.25) is 5.91 Å². The lowest BCUT2D eigenvalue weighted by atomic mass is 9.86. The molecule has 1 saturated carbocycles. The van der Waals surface area contributed by atoms with E-state index in [4.69, 9.17) is 18.6 Å². The first-order valence-corrected chi connectivity index (χ1v) is 16.5. The zero-order valence-corrected chi connectivity index (χ0v) is 28.0. The smallest absolute Gasteiger partial charge is 0.290 e. The number of halogens is 1. The Labute approximate surface area is 281 Å². The highest BCUT2D eigenvalue weighted by atomic mass is 127. The average Bonchev–Trinajstić information content (AvgIpc) is 3.34. The van der Waals surface area contributed by atoms with Crippen LogP contribution in [0.1, 0.15) is 65.9 Å². The number of rotatable bonds is 11. The number of aliphatic hydroxyl groups excluding tert-OH is 2. The Morgan fingerprint density at radius 1 is 1.09 bits per heavy atom. The summed E-state index contributed by atoms with van der Waals surface area (Å²) in [4.78, 5) is 41.1. The Hall–Kier alpha value is -3.62. The van der Waals surface area contributed by atoms with Crippen LogP contribution in [0.25, 0.3) is 11.0 Å². The van der Waals surface area contributed by atoms with E-state index in [0.29, 0.717) is 43.5 Å². The minimum absolute atomic E-state index is 0.0416. The third-order valence-corrected chi connectivity index (χ3v) is 9.41. The first kappa shape index (κ1) is 33.7. The Balaban J connectivity index is 1.58. The maximum absolute atomic E-state index is 14.5. The van der Waals surface area contributed by atoms with Crippen molar-refractivity contribution in [2.75, 3.05) is 27.4 Å². The van der Waals surface area contributed by atoms with Crippen molar-refractivity contribution >= 4 is 51.7 Å².